The Morgan fingerprint density at radius 3 is 2.92 bits per heavy atom. The van der Waals surface area contributed by atoms with Crippen LogP contribution >= 0.6 is 0 Å². The molecule has 1 amide bonds. The van der Waals surface area contributed by atoms with Crippen LogP contribution in [0.2, 0.25) is 0 Å². The summed E-state index contributed by atoms with van der Waals surface area (Å²) in [6, 6.07) is 7.08. The van der Waals surface area contributed by atoms with Crippen LogP contribution in [0.25, 0.3) is 0 Å². The highest BCUT2D eigenvalue weighted by Gasteiger charge is 2.28. The summed E-state index contributed by atoms with van der Waals surface area (Å²) in [6.07, 6.45) is 3.54. The van der Waals surface area contributed by atoms with Gasteiger partial charge in [0, 0.05) is 25.3 Å². The molecule has 0 saturated carbocycles. The second kappa shape index (κ2) is 7.66. The molecule has 0 aromatic heterocycles. The van der Waals surface area contributed by atoms with E-state index in [1.165, 1.54) is 0 Å². The van der Waals surface area contributed by atoms with Crippen LogP contribution in [0.1, 0.15) is 36.0 Å². The number of carbonyl (C=O) groups excluding carboxylic acids is 1. The summed E-state index contributed by atoms with van der Waals surface area (Å²) in [6.45, 7) is 2.15. The first kappa shape index (κ1) is 16.8. The predicted octanol–water partition coefficient (Wildman–Crippen LogP) is 2.18. The Kier molecular flexibility index (Phi) is 5.35. The average molecular weight is 333 g/mol. The minimum absolute atomic E-state index is 0.128. The number of hydrogen-bond donors (Lipinski definition) is 1. The Hall–Kier alpha value is -2.08. The van der Waals surface area contributed by atoms with Gasteiger partial charge in [-0.05, 0) is 43.9 Å². The van der Waals surface area contributed by atoms with Gasteiger partial charge in [-0.1, -0.05) is 6.07 Å². The summed E-state index contributed by atoms with van der Waals surface area (Å²) in [4.78, 5) is 25.4. The fourth-order valence-corrected chi connectivity index (χ4v) is 3.23. The molecule has 0 radical (unpaired) electrons. The minimum atomic E-state index is -0.832. The van der Waals surface area contributed by atoms with E-state index in [2.05, 4.69) is 0 Å². The van der Waals surface area contributed by atoms with Gasteiger partial charge in [-0.15, -0.1) is 0 Å². The SMILES string of the molecule is O=C(O)[C@H]1CCCN(C(=O)c2cccc(OC[C@@H]3CCCO3)c2)C1. The van der Waals surface area contributed by atoms with Gasteiger partial charge in [0.15, 0.2) is 0 Å². The van der Waals surface area contributed by atoms with Crippen molar-refractivity contribution >= 4 is 11.9 Å². The molecule has 2 saturated heterocycles. The van der Waals surface area contributed by atoms with Crippen LogP contribution in [-0.2, 0) is 9.53 Å². The molecule has 2 heterocycles. The van der Waals surface area contributed by atoms with Crippen molar-refractivity contribution in [1.82, 2.24) is 4.90 Å². The molecule has 24 heavy (non-hydrogen) atoms. The number of ether oxygens (including phenoxy) is 2. The average Bonchev–Trinajstić information content (AvgIpc) is 3.13. The zero-order chi connectivity index (χ0) is 16.9. The molecular weight excluding hydrogens is 310 g/mol. The molecule has 6 nitrogen and oxygen atoms in total. The van der Waals surface area contributed by atoms with Gasteiger partial charge >= 0.3 is 5.97 Å². The number of rotatable bonds is 5. The lowest BCUT2D eigenvalue weighted by molar-refractivity contribution is -0.143. The number of carboxylic acids is 1. The first-order valence-corrected chi connectivity index (χ1v) is 8.50. The number of carbonyl (C=O) groups is 2. The summed E-state index contributed by atoms with van der Waals surface area (Å²) in [7, 11) is 0. The van der Waals surface area contributed by atoms with Crippen LogP contribution in [0.3, 0.4) is 0 Å². The lowest BCUT2D eigenvalue weighted by Gasteiger charge is -2.30. The molecule has 6 heteroatoms. The Morgan fingerprint density at radius 2 is 2.17 bits per heavy atom. The normalized spacial score (nSPS) is 23.9. The molecule has 2 atom stereocenters. The number of amides is 1. The van der Waals surface area contributed by atoms with E-state index in [4.69, 9.17) is 14.6 Å². The molecule has 3 rings (SSSR count). The van der Waals surface area contributed by atoms with Gasteiger partial charge in [-0.2, -0.15) is 0 Å². The summed E-state index contributed by atoms with van der Waals surface area (Å²) in [5.74, 6) is -0.797. The predicted molar refractivity (Wildman–Crippen MR) is 87.2 cm³/mol. The minimum Gasteiger partial charge on any atom is -0.491 e. The maximum atomic E-state index is 12.6. The monoisotopic (exact) mass is 333 g/mol. The van der Waals surface area contributed by atoms with E-state index >= 15 is 0 Å². The van der Waals surface area contributed by atoms with Crippen molar-refractivity contribution in [2.75, 3.05) is 26.3 Å². The van der Waals surface area contributed by atoms with E-state index in [-0.39, 0.29) is 18.6 Å². The van der Waals surface area contributed by atoms with Crippen LogP contribution in [0.15, 0.2) is 24.3 Å². The molecule has 1 N–H and O–H groups in total. The van der Waals surface area contributed by atoms with Crippen LogP contribution in [0, 0.1) is 5.92 Å². The summed E-state index contributed by atoms with van der Waals surface area (Å²) >= 11 is 0. The number of benzene rings is 1. The van der Waals surface area contributed by atoms with Crippen molar-refractivity contribution in [3.63, 3.8) is 0 Å². The van der Waals surface area contributed by atoms with Crippen LogP contribution in [0.4, 0.5) is 0 Å². The smallest absolute Gasteiger partial charge is 0.308 e. The zero-order valence-electron chi connectivity index (χ0n) is 13.6. The third-order valence-corrected chi connectivity index (χ3v) is 4.60. The van der Waals surface area contributed by atoms with Gasteiger partial charge in [0.25, 0.3) is 5.91 Å². The van der Waals surface area contributed by atoms with E-state index < -0.39 is 11.9 Å². The topological polar surface area (TPSA) is 76.1 Å². The van der Waals surface area contributed by atoms with E-state index in [1.54, 1.807) is 23.1 Å². The fourth-order valence-electron chi connectivity index (χ4n) is 3.23. The second-order valence-corrected chi connectivity index (χ2v) is 6.40. The van der Waals surface area contributed by atoms with Crippen LogP contribution in [-0.4, -0.2) is 54.3 Å². The maximum absolute atomic E-state index is 12.6. The van der Waals surface area contributed by atoms with Gasteiger partial charge in [0.1, 0.15) is 12.4 Å². The highest BCUT2D eigenvalue weighted by Crippen LogP contribution is 2.21. The fraction of sp³-hybridized carbons (Fsp3) is 0.556. The number of likely N-dealkylation sites (tertiary alicyclic amines) is 1. The molecule has 0 unspecified atom stereocenters. The number of aliphatic carboxylic acids is 1. The number of carboxylic acid groups (broad SMARTS) is 1. The van der Waals surface area contributed by atoms with E-state index in [9.17, 15) is 9.59 Å². The van der Waals surface area contributed by atoms with Crippen molar-refractivity contribution in [2.24, 2.45) is 5.92 Å². The highest BCUT2D eigenvalue weighted by atomic mass is 16.5. The van der Waals surface area contributed by atoms with Crippen LogP contribution < -0.4 is 4.74 Å². The van der Waals surface area contributed by atoms with Gasteiger partial charge < -0.3 is 19.5 Å². The summed E-state index contributed by atoms with van der Waals surface area (Å²) in [5, 5.41) is 9.16. The van der Waals surface area contributed by atoms with Crippen LogP contribution in [0.5, 0.6) is 5.75 Å². The van der Waals surface area contributed by atoms with Gasteiger partial charge in [0.2, 0.25) is 0 Å². The first-order valence-electron chi connectivity index (χ1n) is 8.50. The number of piperidine rings is 1. The maximum Gasteiger partial charge on any atom is 0.308 e. The largest absolute Gasteiger partial charge is 0.491 e. The molecule has 0 spiro atoms. The van der Waals surface area contributed by atoms with E-state index in [0.29, 0.717) is 30.9 Å². The molecule has 130 valence electrons. The third-order valence-electron chi connectivity index (χ3n) is 4.60. The summed E-state index contributed by atoms with van der Waals surface area (Å²) < 4.78 is 11.3. The van der Waals surface area contributed by atoms with Crippen molar-refractivity contribution in [3.8, 4) is 5.75 Å². The van der Waals surface area contributed by atoms with E-state index in [1.807, 2.05) is 6.07 Å². The molecule has 1 aromatic carbocycles. The van der Waals surface area contributed by atoms with Gasteiger partial charge in [0.05, 0.1) is 12.0 Å². The Balaban J connectivity index is 1.61. The Labute approximate surface area is 141 Å². The lowest BCUT2D eigenvalue weighted by atomic mass is 9.97. The molecule has 0 aliphatic carbocycles. The van der Waals surface area contributed by atoms with Gasteiger partial charge in [-0.3, -0.25) is 9.59 Å². The molecule has 2 aliphatic heterocycles. The van der Waals surface area contributed by atoms with Crippen molar-refractivity contribution < 1.29 is 24.2 Å². The van der Waals surface area contributed by atoms with Crippen molar-refractivity contribution in [2.45, 2.75) is 31.8 Å². The second-order valence-electron chi connectivity index (χ2n) is 6.40. The number of hydrogen-bond acceptors (Lipinski definition) is 4. The van der Waals surface area contributed by atoms with Crippen molar-refractivity contribution in [1.29, 1.82) is 0 Å². The molecule has 0 bridgehead atoms. The number of nitrogens with zero attached hydrogens (tertiary/aromatic N) is 1. The first-order chi connectivity index (χ1) is 11.6. The molecule has 2 aliphatic rings. The van der Waals surface area contributed by atoms with E-state index in [0.717, 1.165) is 25.9 Å². The third kappa shape index (κ3) is 4.06. The standard InChI is InChI=1S/C18H23NO5/c20-17(19-8-2-5-14(11-19)18(21)22)13-4-1-6-15(10-13)24-12-16-7-3-9-23-16/h1,4,6,10,14,16H,2-3,5,7-9,11-12H2,(H,21,22)/t14-,16-/m0/s1. The summed E-state index contributed by atoms with van der Waals surface area (Å²) in [5.41, 5.74) is 0.533. The Morgan fingerprint density at radius 1 is 1.29 bits per heavy atom. The molecule has 1 aromatic rings. The Bertz CT molecular complexity index is 597. The van der Waals surface area contributed by atoms with Crippen molar-refractivity contribution in [3.05, 3.63) is 29.8 Å². The molecule has 2 fully saturated rings. The molecular formula is C18H23NO5. The lowest BCUT2D eigenvalue weighted by Crippen LogP contribution is -2.42. The highest BCUT2D eigenvalue weighted by molar-refractivity contribution is 5.95. The zero-order valence-corrected chi connectivity index (χ0v) is 13.6. The van der Waals surface area contributed by atoms with Gasteiger partial charge in [-0.25, -0.2) is 0 Å². The quantitative estimate of drug-likeness (QED) is 0.894.